The number of nitrogens with zero attached hydrogens (tertiary/aromatic N) is 6. The fourth-order valence-corrected chi connectivity index (χ4v) is 4.35. The SMILES string of the molecule is Cc1c(N=Cc2ccc(C=Nc3c(C)n(C)n(-c4ccccc4)c3=O)cc2)c(=O)n(-c2ccccc2)n1C. The molecule has 0 radical (unpaired) electrons. The van der Waals surface area contributed by atoms with Gasteiger partial charge >= 0.3 is 0 Å². The number of rotatable bonds is 6. The molecule has 8 nitrogen and oxygen atoms in total. The van der Waals surface area contributed by atoms with Crippen LogP contribution in [-0.4, -0.2) is 31.2 Å². The Morgan fingerprint density at radius 2 is 0.895 bits per heavy atom. The summed E-state index contributed by atoms with van der Waals surface area (Å²) in [5.41, 5.74) is 5.28. The summed E-state index contributed by atoms with van der Waals surface area (Å²) in [6, 6.07) is 26.6. The van der Waals surface area contributed by atoms with E-state index >= 15 is 0 Å². The van der Waals surface area contributed by atoms with Crippen molar-refractivity contribution in [3.05, 3.63) is 128 Å². The van der Waals surface area contributed by atoms with Crippen molar-refractivity contribution in [3.8, 4) is 11.4 Å². The number of hydrogen-bond donors (Lipinski definition) is 0. The first-order valence-corrected chi connectivity index (χ1v) is 12.2. The Kier molecular flexibility index (Phi) is 6.62. The number of aromatic nitrogens is 4. The van der Waals surface area contributed by atoms with E-state index in [-0.39, 0.29) is 11.1 Å². The molecule has 0 fully saturated rings. The second-order valence-corrected chi connectivity index (χ2v) is 9.00. The number of hydrogen-bond acceptors (Lipinski definition) is 4. The predicted octanol–water partition coefficient (Wildman–Crippen LogP) is 4.78. The maximum absolute atomic E-state index is 13.1. The zero-order valence-electron chi connectivity index (χ0n) is 21.7. The van der Waals surface area contributed by atoms with Gasteiger partial charge in [-0.15, -0.1) is 0 Å². The Labute approximate surface area is 220 Å². The third kappa shape index (κ3) is 4.48. The summed E-state index contributed by atoms with van der Waals surface area (Å²) in [6.07, 6.45) is 3.36. The lowest BCUT2D eigenvalue weighted by atomic mass is 10.1. The zero-order chi connectivity index (χ0) is 26.8. The van der Waals surface area contributed by atoms with E-state index in [4.69, 9.17) is 0 Å². The normalized spacial score (nSPS) is 11.7. The fraction of sp³-hybridized carbons (Fsp3) is 0.133. The molecule has 0 aliphatic heterocycles. The summed E-state index contributed by atoms with van der Waals surface area (Å²) in [6.45, 7) is 3.76. The molecular weight excluding hydrogens is 476 g/mol. The van der Waals surface area contributed by atoms with Crippen LogP contribution >= 0.6 is 0 Å². The average molecular weight is 505 g/mol. The smallest absolute Gasteiger partial charge is 0.283 e. The molecule has 0 bridgehead atoms. The topological polar surface area (TPSA) is 78.6 Å². The highest BCUT2D eigenvalue weighted by molar-refractivity contribution is 5.86. The minimum absolute atomic E-state index is 0.171. The van der Waals surface area contributed by atoms with Crippen molar-refractivity contribution in [1.29, 1.82) is 0 Å². The largest absolute Gasteiger partial charge is 0.297 e. The van der Waals surface area contributed by atoms with E-state index in [1.807, 2.05) is 113 Å². The van der Waals surface area contributed by atoms with Crippen LogP contribution in [0.3, 0.4) is 0 Å². The Morgan fingerprint density at radius 3 is 1.24 bits per heavy atom. The van der Waals surface area contributed by atoms with Gasteiger partial charge in [-0.1, -0.05) is 60.7 Å². The maximum atomic E-state index is 13.1. The van der Waals surface area contributed by atoms with Gasteiger partial charge in [-0.2, -0.15) is 0 Å². The molecule has 3 aromatic carbocycles. The van der Waals surface area contributed by atoms with E-state index in [1.54, 1.807) is 31.2 Å². The van der Waals surface area contributed by atoms with Gasteiger partial charge in [0.2, 0.25) is 0 Å². The lowest BCUT2D eigenvalue weighted by molar-refractivity contribution is 0.630. The van der Waals surface area contributed by atoms with E-state index in [9.17, 15) is 9.59 Å². The van der Waals surface area contributed by atoms with Crippen LogP contribution in [0.4, 0.5) is 11.4 Å². The van der Waals surface area contributed by atoms with E-state index in [2.05, 4.69) is 9.98 Å². The molecule has 0 saturated heterocycles. The van der Waals surface area contributed by atoms with Crippen molar-refractivity contribution in [3.63, 3.8) is 0 Å². The van der Waals surface area contributed by atoms with Gasteiger partial charge in [0.15, 0.2) is 11.4 Å². The van der Waals surface area contributed by atoms with Gasteiger partial charge in [0.05, 0.1) is 22.8 Å². The highest BCUT2D eigenvalue weighted by Gasteiger charge is 2.16. The van der Waals surface area contributed by atoms with Gasteiger partial charge in [0, 0.05) is 26.5 Å². The van der Waals surface area contributed by atoms with Crippen LogP contribution in [0.1, 0.15) is 22.5 Å². The molecule has 2 aromatic heterocycles. The van der Waals surface area contributed by atoms with E-state index in [0.29, 0.717) is 11.4 Å². The molecule has 0 aliphatic carbocycles. The summed E-state index contributed by atoms with van der Waals surface area (Å²) in [7, 11) is 3.69. The lowest BCUT2D eigenvalue weighted by Crippen LogP contribution is -2.19. The third-order valence-corrected chi connectivity index (χ3v) is 6.67. The third-order valence-electron chi connectivity index (χ3n) is 6.67. The molecule has 190 valence electrons. The molecule has 0 spiro atoms. The van der Waals surface area contributed by atoms with Crippen molar-refractivity contribution in [2.75, 3.05) is 0 Å². The van der Waals surface area contributed by atoms with Crippen molar-refractivity contribution in [1.82, 2.24) is 18.7 Å². The van der Waals surface area contributed by atoms with Crippen LogP contribution in [0.2, 0.25) is 0 Å². The first kappa shape index (κ1) is 24.7. The maximum Gasteiger partial charge on any atom is 0.297 e. The minimum atomic E-state index is -0.171. The summed E-state index contributed by atoms with van der Waals surface area (Å²) in [4.78, 5) is 35.1. The number of benzene rings is 3. The summed E-state index contributed by atoms with van der Waals surface area (Å²) in [5, 5.41) is 0. The molecule has 5 aromatic rings. The summed E-state index contributed by atoms with van der Waals surface area (Å²) < 4.78 is 6.83. The minimum Gasteiger partial charge on any atom is -0.283 e. The van der Waals surface area contributed by atoms with Gasteiger partial charge < -0.3 is 0 Å². The standard InChI is InChI=1S/C30H28N6O2/c1-21-27(29(37)35(33(21)3)25-11-7-5-8-12-25)31-19-23-15-17-24(18-16-23)20-32-28-22(2)34(4)36(30(28)38)26-13-9-6-10-14-26/h5-20H,1-4H3. The van der Waals surface area contributed by atoms with Gasteiger partial charge in [-0.25, -0.2) is 19.3 Å². The molecule has 0 unspecified atom stereocenters. The van der Waals surface area contributed by atoms with Crippen molar-refractivity contribution < 1.29 is 0 Å². The first-order chi connectivity index (χ1) is 18.4. The van der Waals surface area contributed by atoms with Gasteiger partial charge in [0.25, 0.3) is 11.1 Å². The Morgan fingerprint density at radius 1 is 0.553 bits per heavy atom. The quantitative estimate of drug-likeness (QED) is 0.312. The van der Waals surface area contributed by atoms with Crippen molar-refractivity contribution >= 4 is 23.8 Å². The Balaban J connectivity index is 1.38. The van der Waals surface area contributed by atoms with E-state index < -0.39 is 0 Å². The van der Waals surface area contributed by atoms with Gasteiger partial charge in [0.1, 0.15) is 0 Å². The molecule has 0 aliphatic rings. The van der Waals surface area contributed by atoms with E-state index in [0.717, 1.165) is 33.9 Å². The van der Waals surface area contributed by atoms with Gasteiger partial charge in [-0.3, -0.25) is 19.0 Å². The van der Waals surface area contributed by atoms with E-state index in [1.165, 1.54) is 0 Å². The van der Waals surface area contributed by atoms with Crippen LogP contribution in [0.5, 0.6) is 0 Å². The Bertz CT molecular complexity index is 1630. The van der Waals surface area contributed by atoms with Crippen LogP contribution in [0, 0.1) is 13.8 Å². The second kappa shape index (κ2) is 10.2. The fourth-order valence-electron chi connectivity index (χ4n) is 4.35. The summed E-state index contributed by atoms with van der Waals surface area (Å²) >= 11 is 0. The number of para-hydroxylation sites is 2. The Hall–Kier alpha value is -4.98. The highest BCUT2D eigenvalue weighted by Crippen LogP contribution is 2.18. The first-order valence-electron chi connectivity index (χ1n) is 12.2. The second-order valence-electron chi connectivity index (χ2n) is 9.00. The predicted molar refractivity (Wildman–Crippen MR) is 152 cm³/mol. The molecule has 0 N–H and O–H groups in total. The molecule has 5 rings (SSSR count). The molecule has 0 atom stereocenters. The van der Waals surface area contributed by atoms with Gasteiger partial charge in [-0.05, 0) is 49.2 Å². The molecule has 0 saturated carbocycles. The van der Waals surface area contributed by atoms with Crippen LogP contribution in [0.25, 0.3) is 11.4 Å². The van der Waals surface area contributed by atoms with Crippen molar-refractivity contribution in [2.24, 2.45) is 24.1 Å². The summed E-state index contributed by atoms with van der Waals surface area (Å²) in [5.74, 6) is 0. The monoisotopic (exact) mass is 504 g/mol. The van der Waals surface area contributed by atoms with Crippen molar-refractivity contribution in [2.45, 2.75) is 13.8 Å². The lowest BCUT2D eigenvalue weighted by Gasteiger charge is -2.07. The van der Waals surface area contributed by atoms with Crippen LogP contribution in [0.15, 0.2) is 105 Å². The highest BCUT2D eigenvalue weighted by atomic mass is 16.1. The molecule has 0 amide bonds. The van der Waals surface area contributed by atoms with Crippen LogP contribution in [-0.2, 0) is 14.1 Å². The zero-order valence-corrected chi connectivity index (χ0v) is 21.7. The average Bonchev–Trinajstić information content (AvgIpc) is 3.29. The molecule has 8 heteroatoms. The molecular formula is C30H28N6O2. The molecule has 2 heterocycles. The number of aliphatic imine (C=N–C) groups is 2. The molecule has 38 heavy (non-hydrogen) atoms. The van der Waals surface area contributed by atoms with Crippen LogP contribution < -0.4 is 11.1 Å².